The highest BCUT2D eigenvalue weighted by Gasteiger charge is 2.44. The summed E-state index contributed by atoms with van der Waals surface area (Å²) < 4.78 is 11.3. The van der Waals surface area contributed by atoms with Crippen molar-refractivity contribution in [1.82, 2.24) is 5.48 Å². The second-order valence-electron chi connectivity index (χ2n) is 5.13. The van der Waals surface area contributed by atoms with E-state index in [1.165, 1.54) is 0 Å². The van der Waals surface area contributed by atoms with Crippen LogP contribution in [0.2, 0.25) is 0 Å². The number of carbonyl (C=O) groups excluding carboxylic acids is 1. The highest BCUT2D eigenvalue weighted by molar-refractivity contribution is 5.75. The zero-order valence-corrected chi connectivity index (χ0v) is 9.62. The van der Waals surface area contributed by atoms with Crippen molar-refractivity contribution in [1.29, 1.82) is 0 Å². The predicted octanol–water partition coefficient (Wildman–Crippen LogP) is 1.21. The zero-order valence-electron chi connectivity index (χ0n) is 9.62. The van der Waals surface area contributed by atoms with E-state index in [4.69, 9.17) is 14.7 Å². The number of rotatable bonds is 2. The summed E-state index contributed by atoms with van der Waals surface area (Å²) in [4.78, 5) is 11.2. The number of hydrogen-bond donors (Lipinski definition) is 2. The third-order valence-corrected chi connectivity index (χ3v) is 3.74. The lowest BCUT2D eigenvalue weighted by Crippen LogP contribution is -2.40. The second kappa shape index (κ2) is 4.31. The van der Waals surface area contributed by atoms with Gasteiger partial charge in [0, 0.05) is 19.3 Å². The van der Waals surface area contributed by atoms with Crippen LogP contribution in [-0.2, 0) is 14.3 Å². The normalized spacial score (nSPS) is 26.9. The number of hydroxylamine groups is 1. The van der Waals surface area contributed by atoms with Gasteiger partial charge in [-0.1, -0.05) is 6.92 Å². The third kappa shape index (κ3) is 2.36. The minimum absolute atomic E-state index is 0.0482. The zero-order chi connectivity index (χ0) is 11.6. The molecule has 92 valence electrons. The van der Waals surface area contributed by atoms with E-state index in [0.29, 0.717) is 19.6 Å². The summed E-state index contributed by atoms with van der Waals surface area (Å²) in [6.07, 6.45) is 3.81. The summed E-state index contributed by atoms with van der Waals surface area (Å²) in [5.41, 5.74) is 1.65. The monoisotopic (exact) mass is 229 g/mol. The van der Waals surface area contributed by atoms with Crippen molar-refractivity contribution < 1.29 is 19.5 Å². The van der Waals surface area contributed by atoms with Crippen molar-refractivity contribution >= 4 is 5.91 Å². The van der Waals surface area contributed by atoms with Crippen LogP contribution in [0.4, 0.5) is 0 Å². The van der Waals surface area contributed by atoms with Gasteiger partial charge in [0.2, 0.25) is 5.91 Å². The Kier molecular flexibility index (Phi) is 3.19. The molecule has 1 amide bonds. The predicted molar refractivity (Wildman–Crippen MR) is 55.8 cm³/mol. The molecule has 2 N–H and O–H groups in total. The highest BCUT2D eigenvalue weighted by Crippen LogP contribution is 2.46. The molecule has 1 saturated carbocycles. The number of amides is 1. The highest BCUT2D eigenvalue weighted by atomic mass is 16.7. The molecular formula is C11H19NO4. The van der Waals surface area contributed by atoms with Crippen molar-refractivity contribution in [2.45, 2.75) is 44.8 Å². The van der Waals surface area contributed by atoms with Gasteiger partial charge in [0.25, 0.3) is 0 Å². The number of carbonyl (C=O) groups is 1. The minimum Gasteiger partial charge on any atom is -0.348 e. The van der Waals surface area contributed by atoms with Crippen molar-refractivity contribution in [2.24, 2.45) is 5.41 Å². The number of nitrogens with one attached hydrogen (secondary N) is 1. The van der Waals surface area contributed by atoms with Crippen molar-refractivity contribution in [3.63, 3.8) is 0 Å². The summed E-state index contributed by atoms with van der Waals surface area (Å²) in [6, 6.07) is 0. The summed E-state index contributed by atoms with van der Waals surface area (Å²) in [7, 11) is 0. The Balaban J connectivity index is 1.90. The van der Waals surface area contributed by atoms with E-state index in [0.717, 1.165) is 25.7 Å². The van der Waals surface area contributed by atoms with Crippen LogP contribution < -0.4 is 5.48 Å². The molecule has 1 saturated heterocycles. The summed E-state index contributed by atoms with van der Waals surface area (Å²) in [6.45, 7) is 3.42. The smallest absolute Gasteiger partial charge is 0.243 e. The molecule has 0 aromatic heterocycles. The summed E-state index contributed by atoms with van der Waals surface area (Å²) in [5, 5.41) is 8.54. The molecule has 1 heterocycles. The van der Waals surface area contributed by atoms with Gasteiger partial charge in [-0.2, -0.15) is 0 Å². The van der Waals surface area contributed by atoms with E-state index in [9.17, 15) is 4.79 Å². The lowest BCUT2D eigenvalue weighted by Gasteiger charge is -2.41. The SMILES string of the molecule is CC1(CC(=O)NO)CCC2(CC1)OCCO2. The summed E-state index contributed by atoms with van der Waals surface area (Å²) in [5.74, 6) is -0.693. The first-order chi connectivity index (χ1) is 7.58. The molecule has 0 aromatic carbocycles. The Morgan fingerprint density at radius 2 is 1.81 bits per heavy atom. The Bertz CT molecular complexity index is 263. The topological polar surface area (TPSA) is 67.8 Å². The molecule has 2 rings (SSSR count). The van der Waals surface area contributed by atoms with Crippen LogP contribution >= 0.6 is 0 Å². The van der Waals surface area contributed by atoms with Crippen molar-refractivity contribution in [3.8, 4) is 0 Å². The summed E-state index contributed by atoms with van der Waals surface area (Å²) >= 11 is 0. The van der Waals surface area contributed by atoms with Crippen LogP contribution in [0.1, 0.15) is 39.0 Å². The van der Waals surface area contributed by atoms with E-state index >= 15 is 0 Å². The maximum absolute atomic E-state index is 11.2. The van der Waals surface area contributed by atoms with Crippen LogP contribution in [-0.4, -0.2) is 30.1 Å². The Morgan fingerprint density at radius 1 is 1.25 bits per heavy atom. The van der Waals surface area contributed by atoms with Crippen LogP contribution in [0.5, 0.6) is 0 Å². The fourth-order valence-corrected chi connectivity index (χ4v) is 2.62. The van der Waals surface area contributed by atoms with Gasteiger partial charge in [-0.25, -0.2) is 5.48 Å². The second-order valence-corrected chi connectivity index (χ2v) is 5.13. The van der Waals surface area contributed by atoms with Gasteiger partial charge in [-0.15, -0.1) is 0 Å². The van der Waals surface area contributed by atoms with E-state index < -0.39 is 0 Å². The lowest BCUT2D eigenvalue weighted by atomic mass is 9.71. The Hall–Kier alpha value is -0.650. The van der Waals surface area contributed by atoms with Gasteiger partial charge in [-0.3, -0.25) is 10.0 Å². The molecule has 0 unspecified atom stereocenters. The lowest BCUT2D eigenvalue weighted by molar-refractivity contribution is -0.191. The fourth-order valence-electron chi connectivity index (χ4n) is 2.62. The van der Waals surface area contributed by atoms with Crippen LogP contribution in [0.25, 0.3) is 0 Å². The van der Waals surface area contributed by atoms with Crippen molar-refractivity contribution in [3.05, 3.63) is 0 Å². The van der Waals surface area contributed by atoms with Gasteiger partial charge in [-0.05, 0) is 18.3 Å². The average molecular weight is 229 g/mol. The Morgan fingerprint density at radius 3 is 2.31 bits per heavy atom. The molecule has 5 heteroatoms. The molecule has 0 atom stereocenters. The van der Waals surface area contributed by atoms with Crippen molar-refractivity contribution in [2.75, 3.05) is 13.2 Å². The minimum atomic E-state index is -0.380. The maximum Gasteiger partial charge on any atom is 0.243 e. The molecule has 2 fully saturated rings. The molecule has 1 aliphatic carbocycles. The molecule has 16 heavy (non-hydrogen) atoms. The van der Waals surface area contributed by atoms with Crippen LogP contribution in [0, 0.1) is 5.41 Å². The van der Waals surface area contributed by atoms with Crippen LogP contribution in [0.3, 0.4) is 0 Å². The molecular weight excluding hydrogens is 210 g/mol. The van der Waals surface area contributed by atoms with Crippen LogP contribution in [0.15, 0.2) is 0 Å². The van der Waals surface area contributed by atoms with Gasteiger partial charge < -0.3 is 9.47 Å². The third-order valence-electron chi connectivity index (χ3n) is 3.74. The molecule has 2 aliphatic rings. The Labute approximate surface area is 95.1 Å². The van der Waals surface area contributed by atoms with E-state index in [-0.39, 0.29) is 17.1 Å². The molecule has 1 spiro atoms. The first-order valence-electron chi connectivity index (χ1n) is 5.78. The molecule has 0 radical (unpaired) electrons. The molecule has 5 nitrogen and oxygen atoms in total. The molecule has 0 bridgehead atoms. The quantitative estimate of drug-likeness (QED) is 0.551. The van der Waals surface area contributed by atoms with E-state index in [1.807, 2.05) is 0 Å². The standard InChI is InChI=1S/C11H19NO4/c1-10(8-9(13)12-14)2-4-11(5-3-10)15-6-7-16-11/h14H,2-8H2,1H3,(H,12,13). The molecule has 1 aliphatic heterocycles. The van der Waals surface area contributed by atoms with Gasteiger partial charge in [0.05, 0.1) is 13.2 Å². The fraction of sp³-hybridized carbons (Fsp3) is 0.909. The van der Waals surface area contributed by atoms with Gasteiger partial charge >= 0.3 is 0 Å². The largest absolute Gasteiger partial charge is 0.348 e. The first-order valence-corrected chi connectivity index (χ1v) is 5.78. The van der Waals surface area contributed by atoms with E-state index in [1.54, 1.807) is 5.48 Å². The van der Waals surface area contributed by atoms with Gasteiger partial charge in [0.1, 0.15) is 0 Å². The number of hydrogen-bond acceptors (Lipinski definition) is 4. The number of ether oxygens (including phenoxy) is 2. The van der Waals surface area contributed by atoms with E-state index in [2.05, 4.69) is 6.92 Å². The maximum atomic E-state index is 11.2. The molecule has 0 aromatic rings. The van der Waals surface area contributed by atoms with Gasteiger partial charge in [0.15, 0.2) is 5.79 Å². The average Bonchev–Trinajstić information content (AvgIpc) is 2.72. The first kappa shape index (κ1) is 11.8.